The molecular formula is C22H23N3O2S. The lowest BCUT2D eigenvalue weighted by Crippen LogP contribution is -2.15. The first-order chi connectivity index (χ1) is 13.5. The van der Waals surface area contributed by atoms with E-state index in [0.29, 0.717) is 11.6 Å². The van der Waals surface area contributed by atoms with Gasteiger partial charge in [0.15, 0.2) is 0 Å². The number of carbonyl (C=O) groups is 1. The summed E-state index contributed by atoms with van der Waals surface area (Å²) in [5.74, 6) is 1.06. The number of hydrogen-bond acceptors (Lipinski definition) is 5. The SMILES string of the molecule is CCOc1ccc(-c2ccc(SCC(=O)Nc3ccc(C)cc3C)nn2)cc1. The largest absolute Gasteiger partial charge is 0.494 e. The van der Waals surface area contributed by atoms with Crippen LogP contribution in [0.1, 0.15) is 18.1 Å². The summed E-state index contributed by atoms with van der Waals surface area (Å²) in [6.07, 6.45) is 0. The van der Waals surface area contributed by atoms with Gasteiger partial charge in [-0.1, -0.05) is 29.5 Å². The van der Waals surface area contributed by atoms with Crippen LogP contribution in [0.15, 0.2) is 59.6 Å². The monoisotopic (exact) mass is 393 g/mol. The zero-order chi connectivity index (χ0) is 19.9. The lowest BCUT2D eigenvalue weighted by molar-refractivity contribution is -0.113. The van der Waals surface area contributed by atoms with E-state index in [9.17, 15) is 4.79 Å². The Bertz CT molecular complexity index is 941. The summed E-state index contributed by atoms with van der Waals surface area (Å²) in [5.41, 5.74) is 4.82. The Kier molecular flexibility index (Phi) is 6.66. The molecule has 0 atom stereocenters. The van der Waals surface area contributed by atoms with Crippen molar-refractivity contribution in [1.82, 2.24) is 10.2 Å². The van der Waals surface area contributed by atoms with Crippen LogP contribution in [0, 0.1) is 13.8 Å². The van der Waals surface area contributed by atoms with Crippen molar-refractivity contribution in [3.05, 3.63) is 65.7 Å². The van der Waals surface area contributed by atoms with Crippen LogP contribution in [0.5, 0.6) is 5.75 Å². The van der Waals surface area contributed by atoms with E-state index in [-0.39, 0.29) is 11.7 Å². The summed E-state index contributed by atoms with van der Waals surface area (Å²) < 4.78 is 5.45. The highest BCUT2D eigenvalue weighted by Gasteiger charge is 2.08. The summed E-state index contributed by atoms with van der Waals surface area (Å²) in [4.78, 5) is 12.2. The maximum absolute atomic E-state index is 12.2. The van der Waals surface area contributed by atoms with Gasteiger partial charge in [0, 0.05) is 11.3 Å². The molecule has 0 aliphatic rings. The van der Waals surface area contributed by atoms with E-state index >= 15 is 0 Å². The van der Waals surface area contributed by atoms with Gasteiger partial charge in [-0.25, -0.2) is 0 Å². The van der Waals surface area contributed by atoms with Crippen LogP contribution in [0.4, 0.5) is 5.69 Å². The standard InChI is InChI=1S/C22H23N3O2S/c1-4-27-18-8-6-17(7-9-18)20-11-12-22(25-24-20)28-14-21(26)23-19-10-5-15(2)13-16(19)3/h5-13H,4,14H2,1-3H3,(H,23,26). The summed E-state index contributed by atoms with van der Waals surface area (Å²) in [7, 11) is 0. The summed E-state index contributed by atoms with van der Waals surface area (Å²) in [6, 6.07) is 17.5. The van der Waals surface area contributed by atoms with E-state index in [2.05, 4.69) is 15.5 Å². The normalized spacial score (nSPS) is 10.5. The molecule has 0 saturated heterocycles. The van der Waals surface area contributed by atoms with Crippen molar-refractivity contribution in [3.8, 4) is 17.0 Å². The van der Waals surface area contributed by atoms with Crippen LogP contribution >= 0.6 is 11.8 Å². The molecule has 2 aromatic carbocycles. The number of nitrogens with zero attached hydrogens (tertiary/aromatic N) is 2. The molecule has 1 N–H and O–H groups in total. The molecule has 0 saturated carbocycles. The van der Waals surface area contributed by atoms with Gasteiger partial charge in [0.2, 0.25) is 5.91 Å². The molecule has 5 nitrogen and oxygen atoms in total. The third-order valence-electron chi connectivity index (χ3n) is 4.11. The molecule has 0 aliphatic carbocycles. The number of benzene rings is 2. The Morgan fingerprint density at radius 3 is 2.46 bits per heavy atom. The highest BCUT2D eigenvalue weighted by Crippen LogP contribution is 2.23. The number of nitrogens with one attached hydrogen (secondary N) is 1. The molecule has 0 aliphatic heterocycles. The Morgan fingerprint density at radius 2 is 1.82 bits per heavy atom. The first kappa shape index (κ1) is 19.9. The van der Waals surface area contributed by atoms with E-state index in [0.717, 1.165) is 28.3 Å². The minimum absolute atomic E-state index is 0.0608. The Balaban J connectivity index is 1.56. The average molecular weight is 394 g/mol. The van der Waals surface area contributed by atoms with E-state index < -0.39 is 0 Å². The molecule has 6 heteroatoms. The zero-order valence-corrected chi connectivity index (χ0v) is 17.0. The fourth-order valence-corrected chi connectivity index (χ4v) is 3.33. The maximum atomic E-state index is 12.2. The predicted molar refractivity (Wildman–Crippen MR) is 114 cm³/mol. The minimum Gasteiger partial charge on any atom is -0.494 e. The lowest BCUT2D eigenvalue weighted by atomic mass is 10.1. The number of thioether (sulfide) groups is 1. The van der Waals surface area contributed by atoms with Gasteiger partial charge in [0.1, 0.15) is 10.8 Å². The second-order valence-electron chi connectivity index (χ2n) is 6.37. The molecule has 0 spiro atoms. The van der Waals surface area contributed by atoms with Crippen LogP contribution in [0.3, 0.4) is 0 Å². The molecule has 0 bridgehead atoms. The summed E-state index contributed by atoms with van der Waals surface area (Å²) >= 11 is 1.36. The fraction of sp³-hybridized carbons (Fsp3) is 0.227. The van der Waals surface area contributed by atoms with Crippen LogP contribution in [0.25, 0.3) is 11.3 Å². The van der Waals surface area contributed by atoms with Crippen LogP contribution in [0.2, 0.25) is 0 Å². The lowest BCUT2D eigenvalue weighted by Gasteiger charge is -2.09. The first-order valence-corrected chi connectivity index (χ1v) is 10.1. The Morgan fingerprint density at radius 1 is 1.04 bits per heavy atom. The van der Waals surface area contributed by atoms with Crippen molar-refractivity contribution in [2.45, 2.75) is 25.8 Å². The number of amides is 1. The van der Waals surface area contributed by atoms with Crippen molar-refractivity contribution >= 4 is 23.4 Å². The number of hydrogen-bond donors (Lipinski definition) is 1. The predicted octanol–water partition coefficient (Wildman–Crippen LogP) is 4.89. The van der Waals surface area contributed by atoms with Gasteiger partial charge in [0.05, 0.1) is 18.1 Å². The van der Waals surface area contributed by atoms with Crippen molar-refractivity contribution in [2.75, 3.05) is 17.7 Å². The highest BCUT2D eigenvalue weighted by atomic mass is 32.2. The molecule has 1 amide bonds. The number of aromatic nitrogens is 2. The molecule has 144 valence electrons. The average Bonchev–Trinajstić information content (AvgIpc) is 2.70. The van der Waals surface area contributed by atoms with Gasteiger partial charge >= 0.3 is 0 Å². The van der Waals surface area contributed by atoms with Gasteiger partial charge in [-0.15, -0.1) is 10.2 Å². The molecule has 0 unspecified atom stereocenters. The molecule has 1 heterocycles. The minimum atomic E-state index is -0.0608. The van der Waals surface area contributed by atoms with Gasteiger partial charge < -0.3 is 10.1 Å². The van der Waals surface area contributed by atoms with E-state index in [4.69, 9.17) is 4.74 Å². The third-order valence-corrected chi connectivity index (χ3v) is 5.03. The summed E-state index contributed by atoms with van der Waals surface area (Å²) in [5, 5.41) is 12.1. The third kappa shape index (κ3) is 5.33. The zero-order valence-electron chi connectivity index (χ0n) is 16.2. The van der Waals surface area contributed by atoms with Crippen molar-refractivity contribution < 1.29 is 9.53 Å². The molecule has 3 aromatic rings. The molecule has 1 aromatic heterocycles. The van der Waals surface area contributed by atoms with Crippen molar-refractivity contribution in [1.29, 1.82) is 0 Å². The van der Waals surface area contributed by atoms with Gasteiger partial charge in [-0.3, -0.25) is 4.79 Å². The van der Waals surface area contributed by atoms with E-state index in [1.54, 1.807) is 0 Å². The highest BCUT2D eigenvalue weighted by molar-refractivity contribution is 7.99. The Hall–Kier alpha value is -2.86. The second-order valence-corrected chi connectivity index (χ2v) is 7.37. The van der Waals surface area contributed by atoms with Crippen molar-refractivity contribution in [2.24, 2.45) is 0 Å². The number of carbonyl (C=O) groups excluding carboxylic acids is 1. The number of rotatable bonds is 7. The maximum Gasteiger partial charge on any atom is 0.234 e. The fourth-order valence-electron chi connectivity index (χ4n) is 2.72. The molecule has 28 heavy (non-hydrogen) atoms. The van der Waals surface area contributed by atoms with Crippen LogP contribution < -0.4 is 10.1 Å². The molecule has 0 radical (unpaired) electrons. The van der Waals surface area contributed by atoms with E-state index in [1.807, 2.05) is 75.4 Å². The van der Waals surface area contributed by atoms with Gasteiger partial charge in [-0.05, 0) is 68.8 Å². The second kappa shape index (κ2) is 9.37. The molecule has 3 rings (SSSR count). The molecular weight excluding hydrogens is 370 g/mol. The van der Waals surface area contributed by atoms with Crippen molar-refractivity contribution in [3.63, 3.8) is 0 Å². The van der Waals surface area contributed by atoms with E-state index in [1.165, 1.54) is 17.3 Å². The number of aryl methyl sites for hydroxylation is 2. The van der Waals surface area contributed by atoms with Gasteiger partial charge in [-0.2, -0.15) is 0 Å². The van der Waals surface area contributed by atoms with Crippen LogP contribution in [-0.2, 0) is 4.79 Å². The number of ether oxygens (including phenoxy) is 1. The quantitative estimate of drug-likeness (QED) is 0.579. The topological polar surface area (TPSA) is 64.1 Å². The number of anilines is 1. The smallest absolute Gasteiger partial charge is 0.234 e. The Labute approximate surface area is 169 Å². The van der Waals surface area contributed by atoms with Gasteiger partial charge in [0.25, 0.3) is 0 Å². The summed E-state index contributed by atoms with van der Waals surface area (Å²) in [6.45, 7) is 6.62. The first-order valence-electron chi connectivity index (χ1n) is 9.12. The van der Waals surface area contributed by atoms with Crippen LogP contribution in [-0.4, -0.2) is 28.5 Å². The molecule has 0 fully saturated rings.